The van der Waals surface area contributed by atoms with E-state index in [9.17, 15) is 4.79 Å². The summed E-state index contributed by atoms with van der Waals surface area (Å²) in [5.41, 5.74) is 4.79. The molecule has 0 saturated carbocycles. The summed E-state index contributed by atoms with van der Waals surface area (Å²) in [5, 5.41) is 4.10. The number of amides is 1. The van der Waals surface area contributed by atoms with Crippen molar-refractivity contribution in [2.75, 3.05) is 5.32 Å². The molecule has 1 heterocycles. The minimum Gasteiger partial charge on any atom is -0.338 e. The molecule has 0 unspecified atom stereocenters. The molecule has 0 aliphatic heterocycles. The number of nitrogens with one attached hydrogen (secondary N) is 2. The summed E-state index contributed by atoms with van der Waals surface area (Å²) in [6.07, 6.45) is 0. The molecule has 4 nitrogen and oxygen atoms in total. The zero-order valence-electron chi connectivity index (χ0n) is 14.4. The van der Waals surface area contributed by atoms with Crippen LogP contribution in [0.25, 0.3) is 22.4 Å². The van der Waals surface area contributed by atoms with E-state index >= 15 is 0 Å². The topological polar surface area (TPSA) is 57.8 Å². The predicted molar refractivity (Wildman–Crippen MR) is 111 cm³/mol. The zero-order chi connectivity index (χ0) is 19.0. The average Bonchev–Trinajstić information content (AvgIpc) is 3.07. The number of aryl methyl sites for hydroxylation is 1. The maximum Gasteiger partial charge on any atom is 0.255 e. The molecule has 3 aromatic carbocycles. The summed E-state index contributed by atoms with van der Waals surface area (Å²) in [6.45, 7) is 1.90. The van der Waals surface area contributed by atoms with Gasteiger partial charge in [0.2, 0.25) is 0 Å². The first-order chi connectivity index (χ1) is 13.0. The normalized spacial score (nSPS) is 10.9. The van der Waals surface area contributed by atoms with E-state index in [2.05, 4.69) is 15.3 Å². The van der Waals surface area contributed by atoms with Crippen LogP contribution in [-0.4, -0.2) is 15.9 Å². The Bertz CT molecular complexity index is 1150. The van der Waals surface area contributed by atoms with Crippen LogP contribution in [0.1, 0.15) is 15.9 Å². The number of benzene rings is 3. The van der Waals surface area contributed by atoms with Gasteiger partial charge in [0.05, 0.1) is 11.0 Å². The largest absolute Gasteiger partial charge is 0.338 e. The lowest BCUT2D eigenvalue weighted by molar-refractivity contribution is 0.102. The van der Waals surface area contributed by atoms with E-state index in [1.165, 1.54) is 0 Å². The highest BCUT2D eigenvalue weighted by molar-refractivity contribution is 6.32. The third-order valence-corrected chi connectivity index (χ3v) is 4.94. The van der Waals surface area contributed by atoms with Crippen molar-refractivity contribution in [3.05, 3.63) is 81.8 Å². The molecule has 0 spiro atoms. The third-order valence-electron chi connectivity index (χ3n) is 4.29. The second-order valence-electron chi connectivity index (χ2n) is 6.24. The minimum atomic E-state index is -0.206. The quantitative estimate of drug-likeness (QED) is 0.440. The van der Waals surface area contributed by atoms with Crippen LogP contribution in [0.15, 0.2) is 60.7 Å². The lowest BCUT2D eigenvalue weighted by Gasteiger charge is -2.07. The standard InChI is InChI=1S/C21H15Cl2N3O/c1-12-2-3-14(10-17(12)23)21(27)24-16-7-4-13(5-8-16)20-25-18-9-6-15(22)11-19(18)26-20/h2-11H,1H3,(H,24,27)(H,25,26). The van der Waals surface area contributed by atoms with E-state index < -0.39 is 0 Å². The number of carbonyl (C=O) groups is 1. The van der Waals surface area contributed by atoms with Crippen LogP contribution in [0.4, 0.5) is 5.69 Å². The fraction of sp³-hybridized carbons (Fsp3) is 0.0476. The van der Waals surface area contributed by atoms with E-state index in [1.54, 1.807) is 12.1 Å². The van der Waals surface area contributed by atoms with Gasteiger partial charge in [-0.25, -0.2) is 4.98 Å². The Hall–Kier alpha value is -2.82. The fourth-order valence-electron chi connectivity index (χ4n) is 2.77. The minimum absolute atomic E-state index is 0.206. The van der Waals surface area contributed by atoms with Crippen molar-refractivity contribution in [1.29, 1.82) is 0 Å². The molecule has 0 fully saturated rings. The van der Waals surface area contributed by atoms with E-state index in [0.29, 0.717) is 21.3 Å². The summed E-state index contributed by atoms with van der Waals surface area (Å²) in [4.78, 5) is 20.2. The highest BCUT2D eigenvalue weighted by atomic mass is 35.5. The molecule has 4 aromatic rings. The second-order valence-corrected chi connectivity index (χ2v) is 7.09. The summed E-state index contributed by atoms with van der Waals surface area (Å²) in [7, 11) is 0. The number of anilines is 1. The van der Waals surface area contributed by atoms with E-state index in [1.807, 2.05) is 55.5 Å². The number of halogens is 2. The first-order valence-corrected chi connectivity index (χ1v) is 9.08. The first-order valence-electron chi connectivity index (χ1n) is 8.33. The number of H-pyrrole nitrogens is 1. The maximum absolute atomic E-state index is 12.4. The Morgan fingerprint density at radius 2 is 1.78 bits per heavy atom. The van der Waals surface area contributed by atoms with Gasteiger partial charge in [0.15, 0.2) is 0 Å². The van der Waals surface area contributed by atoms with Crippen molar-refractivity contribution < 1.29 is 4.79 Å². The molecule has 0 saturated heterocycles. The number of imidazole rings is 1. The van der Waals surface area contributed by atoms with Gasteiger partial charge < -0.3 is 10.3 Å². The van der Waals surface area contributed by atoms with Crippen LogP contribution in [0, 0.1) is 6.92 Å². The van der Waals surface area contributed by atoms with Crippen molar-refractivity contribution in [2.24, 2.45) is 0 Å². The number of fused-ring (bicyclic) bond motifs is 1. The number of aromatic nitrogens is 2. The molecule has 0 atom stereocenters. The van der Waals surface area contributed by atoms with Gasteiger partial charge in [0.1, 0.15) is 5.82 Å². The Morgan fingerprint density at radius 3 is 2.52 bits per heavy atom. The average molecular weight is 396 g/mol. The molecule has 2 N–H and O–H groups in total. The molecule has 4 rings (SSSR count). The summed E-state index contributed by atoms with van der Waals surface area (Å²) >= 11 is 12.1. The Balaban J connectivity index is 1.54. The lowest BCUT2D eigenvalue weighted by atomic mass is 10.1. The monoisotopic (exact) mass is 395 g/mol. The van der Waals surface area contributed by atoms with Crippen molar-refractivity contribution in [3.8, 4) is 11.4 Å². The Labute approximate surface area is 166 Å². The molecule has 1 amide bonds. The molecule has 6 heteroatoms. The van der Waals surface area contributed by atoms with Gasteiger partial charge >= 0.3 is 0 Å². The molecule has 0 bridgehead atoms. The van der Waals surface area contributed by atoms with Crippen LogP contribution in [-0.2, 0) is 0 Å². The van der Waals surface area contributed by atoms with Crippen molar-refractivity contribution in [1.82, 2.24) is 9.97 Å². The van der Waals surface area contributed by atoms with Crippen molar-refractivity contribution >= 4 is 45.8 Å². The summed E-state index contributed by atoms with van der Waals surface area (Å²) in [6, 6.07) is 18.2. The number of aromatic amines is 1. The third kappa shape index (κ3) is 3.68. The molecule has 1 aromatic heterocycles. The van der Waals surface area contributed by atoms with Gasteiger partial charge in [-0.3, -0.25) is 4.79 Å². The van der Waals surface area contributed by atoms with E-state index in [4.69, 9.17) is 23.2 Å². The van der Waals surface area contributed by atoms with Gasteiger partial charge in [-0.2, -0.15) is 0 Å². The lowest BCUT2D eigenvalue weighted by Crippen LogP contribution is -2.11. The fourth-order valence-corrected chi connectivity index (χ4v) is 3.12. The number of carbonyl (C=O) groups excluding carboxylic acids is 1. The first kappa shape index (κ1) is 17.6. The smallest absolute Gasteiger partial charge is 0.255 e. The Kier molecular flexibility index (Phi) is 4.60. The molecule has 0 aliphatic rings. The second kappa shape index (κ2) is 7.06. The van der Waals surface area contributed by atoms with Crippen LogP contribution in [0.5, 0.6) is 0 Å². The van der Waals surface area contributed by atoms with Crippen LogP contribution in [0.3, 0.4) is 0 Å². The number of hydrogen-bond acceptors (Lipinski definition) is 2. The van der Waals surface area contributed by atoms with Gasteiger partial charge in [0.25, 0.3) is 5.91 Å². The summed E-state index contributed by atoms with van der Waals surface area (Å²) in [5.74, 6) is 0.540. The van der Waals surface area contributed by atoms with Gasteiger partial charge in [-0.1, -0.05) is 29.3 Å². The van der Waals surface area contributed by atoms with Gasteiger partial charge in [0, 0.05) is 26.9 Å². The van der Waals surface area contributed by atoms with E-state index in [0.717, 1.165) is 28.0 Å². The molecular weight excluding hydrogens is 381 g/mol. The maximum atomic E-state index is 12.4. The van der Waals surface area contributed by atoms with Crippen LogP contribution < -0.4 is 5.32 Å². The van der Waals surface area contributed by atoms with E-state index in [-0.39, 0.29) is 5.91 Å². The number of rotatable bonds is 3. The van der Waals surface area contributed by atoms with Crippen molar-refractivity contribution in [3.63, 3.8) is 0 Å². The number of nitrogens with zero attached hydrogens (tertiary/aromatic N) is 1. The van der Waals surface area contributed by atoms with Gasteiger partial charge in [-0.05, 0) is 67.1 Å². The van der Waals surface area contributed by atoms with Crippen molar-refractivity contribution in [2.45, 2.75) is 6.92 Å². The SMILES string of the molecule is Cc1ccc(C(=O)Nc2ccc(-c3nc4ccc(Cl)cc4[nH]3)cc2)cc1Cl. The Morgan fingerprint density at radius 1 is 1.00 bits per heavy atom. The van der Waals surface area contributed by atoms with Gasteiger partial charge in [-0.15, -0.1) is 0 Å². The predicted octanol–water partition coefficient (Wildman–Crippen LogP) is 6.10. The molecule has 134 valence electrons. The molecule has 0 radical (unpaired) electrons. The number of hydrogen-bond donors (Lipinski definition) is 2. The molecule has 0 aliphatic carbocycles. The molecule has 27 heavy (non-hydrogen) atoms. The summed E-state index contributed by atoms with van der Waals surface area (Å²) < 4.78 is 0. The highest BCUT2D eigenvalue weighted by Gasteiger charge is 2.09. The van der Waals surface area contributed by atoms with Crippen LogP contribution in [0.2, 0.25) is 10.0 Å². The molecular formula is C21H15Cl2N3O. The zero-order valence-corrected chi connectivity index (χ0v) is 15.9. The van der Waals surface area contributed by atoms with Crippen LogP contribution >= 0.6 is 23.2 Å². The highest BCUT2D eigenvalue weighted by Crippen LogP contribution is 2.24.